The van der Waals surface area contributed by atoms with E-state index in [4.69, 9.17) is 0 Å². The van der Waals surface area contributed by atoms with Crippen LogP contribution < -0.4 is 10.6 Å². The Kier molecular flexibility index (Phi) is 6.65. The average Bonchev–Trinajstić information content (AvgIpc) is 3.16. The number of nitro groups is 1. The fourth-order valence-corrected chi connectivity index (χ4v) is 6.17. The number of urea groups is 1. The van der Waals surface area contributed by atoms with E-state index in [0.717, 1.165) is 35.8 Å². The highest BCUT2D eigenvalue weighted by Crippen LogP contribution is 2.34. The summed E-state index contributed by atoms with van der Waals surface area (Å²) in [4.78, 5) is 37.3. The molecular weight excluding hydrogens is 396 g/mol. The van der Waals surface area contributed by atoms with E-state index in [1.54, 1.807) is 6.07 Å². The first kappa shape index (κ1) is 19.3. The average molecular weight is 415 g/mol. The summed E-state index contributed by atoms with van der Waals surface area (Å²) in [5.41, 5.74) is -0.0636. The molecule has 0 spiro atoms. The zero-order valence-electron chi connectivity index (χ0n) is 13.8. The maximum Gasteiger partial charge on any atom is 0.315 e. The van der Waals surface area contributed by atoms with E-state index in [-0.39, 0.29) is 28.9 Å². The minimum atomic E-state index is -0.502. The molecule has 3 rings (SSSR count). The van der Waals surface area contributed by atoms with Crippen molar-refractivity contribution in [3.8, 4) is 0 Å². The van der Waals surface area contributed by atoms with Crippen LogP contribution in [-0.4, -0.2) is 44.1 Å². The van der Waals surface area contributed by atoms with Crippen molar-refractivity contribution >= 4 is 50.2 Å². The number of nitrogens with zero attached hydrogens (tertiary/aromatic N) is 2. The molecule has 140 valence electrons. The number of hydrogen-bond acceptors (Lipinski definition) is 8. The molecule has 2 aliphatic heterocycles. The van der Waals surface area contributed by atoms with E-state index in [1.165, 1.54) is 23.1 Å². The number of amides is 2. The summed E-state index contributed by atoms with van der Waals surface area (Å²) in [7, 11) is 2.33. The van der Waals surface area contributed by atoms with Gasteiger partial charge in [-0.05, 0) is 40.5 Å². The minimum Gasteiger partial charge on any atom is -0.332 e. The monoisotopic (exact) mass is 414 g/mol. The second-order valence-electron chi connectivity index (χ2n) is 6.02. The van der Waals surface area contributed by atoms with Gasteiger partial charge in [-0.15, -0.1) is 0 Å². The molecule has 3 atom stereocenters. The molecule has 26 heavy (non-hydrogen) atoms. The Morgan fingerprint density at radius 2 is 2.23 bits per heavy atom. The third-order valence-corrected chi connectivity index (χ3v) is 7.92. The maximum atomic E-state index is 11.9. The summed E-state index contributed by atoms with van der Waals surface area (Å²) >= 11 is 1.88. The Morgan fingerprint density at radius 3 is 2.96 bits per heavy atom. The lowest BCUT2D eigenvalue weighted by Crippen LogP contribution is -2.36. The summed E-state index contributed by atoms with van der Waals surface area (Å²) in [5, 5.41) is 17.5. The Bertz CT molecular complexity index is 688. The Hall–Kier alpha value is -1.46. The quantitative estimate of drug-likeness (QED) is 0.219. The van der Waals surface area contributed by atoms with E-state index >= 15 is 0 Å². The van der Waals surface area contributed by atoms with Gasteiger partial charge in [-0.1, -0.05) is 6.42 Å². The van der Waals surface area contributed by atoms with Crippen LogP contribution in [0.2, 0.25) is 0 Å². The molecule has 3 heterocycles. The van der Waals surface area contributed by atoms with Crippen LogP contribution in [-0.2, 0) is 4.79 Å². The van der Waals surface area contributed by atoms with E-state index in [1.807, 2.05) is 11.8 Å². The van der Waals surface area contributed by atoms with Crippen molar-refractivity contribution in [2.45, 2.75) is 48.0 Å². The molecule has 2 aliphatic rings. The standard InChI is InChI=1S/C15H18N4O4S3/c20-13(26-25-12-6-5-9(7-16-12)19(22)23)4-2-1-3-11-14-10(8-24-11)17-15(21)18-14/h5-7,10-11,14H,1-4,8H2,(H2,17,18,21)/t10-,11-,14-/m0/s1. The van der Waals surface area contributed by atoms with Crippen LogP contribution in [0, 0.1) is 10.1 Å². The highest BCUT2D eigenvalue weighted by molar-refractivity contribution is 8.82. The molecule has 2 saturated heterocycles. The Balaban J connectivity index is 1.31. The van der Waals surface area contributed by atoms with Crippen LogP contribution in [0.4, 0.5) is 10.5 Å². The predicted octanol–water partition coefficient (Wildman–Crippen LogP) is 2.98. The van der Waals surface area contributed by atoms with Gasteiger partial charge in [-0.25, -0.2) is 9.78 Å². The predicted molar refractivity (Wildman–Crippen MR) is 103 cm³/mol. The minimum absolute atomic E-state index is 0.0636. The van der Waals surface area contributed by atoms with Crippen LogP contribution >= 0.6 is 33.3 Å². The molecule has 0 aromatic carbocycles. The van der Waals surface area contributed by atoms with Crippen molar-refractivity contribution in [1.82, 2.24) is 15.6 Å². The summed E-state index contributed by atoms with van der Waals surface area (Å²) in [6, 6.07) is 3.29. The molecule has 0 radical (unpaired) electrons. The second kappa shape index (κ2) is 8.96. The molecule has 2 fully saturated rings. The molecule has 8 nitrogen and oxygen atoms in total. The van der Waals surface area contributed by atoms with Crippen molar-refractivity contribution in [3.05, 3.63) is 28.4 Å². The third-order valence-electron chi connectivity index (χ3n) is 4.21. The van der Waals surface area contributed by atoms with E-state index < -0.39 is 4.92 Å². The molecule has 2 amide bonds. The summed E-state index contributed by atoms with van der Waals surface area (Å²) < 4.78 is 0. The summed E-state index contributed by atoms with van der Waals surface area (Å²) in [6.07, 6.45) is 4.43. The molecule has 1 aromatic rings. The molecule has 11 heteroatoms. The Labute approximate surface area is 162 Å². The maximum absolute atomic E-state index is 11.9. The van der Waals surface area contributed by atoms with Gasteiger partial charge >= 0.3 is 6.03 Å². The van der Waals surface area contributed by atoms with Crippen LogP contribution in [0.25, 0.3) is 0 Å². The SMILES string of the molecule is O=C1N[C@H]2[C@H](CS[C@H]2CCCCC(=O)SSc2ccc([N+](=O)[O-])cn2)N1. The number of carbonyl (C=O) groups excluding carboxylic acids is 2. The number of carbonyl (C=O) groups is 2. The van der Waals surface area contributed by atoms with Gasteiger partial charge in [-0.2, -0.15) is 11.8 Å². The molecule has 2 N–H and O–H groups in total. The van der Waals surface area contributed by atoms with Gasteiger partial charge in [0.25, 0.3) is 5.69 Å². The van der Waals surface area contributed by atoms with Crippen LogP contribution in [0.3, 0.4) is 0 Å². The molecular formula is C15H18N4O4S3. The second-order valence-corrected chi connectivity index (χ2v) is 9.50. The van der Waals surface area contributed by atoms with Crippen molar-refractivity contribution in [3.63, 3.8) is 0 Å². The summed E-state index contributed by atoms with van der Waals surface area (Å²) in [6.45, 7) is 0. The molecule has 0 bridgehead atoms. The number of unbranched alkanes of at least 4 members (excludes halogenated alkanes) is 1. The van der Waals surface area contributed by atoms with E-state index in [2.05, 4.69) is 15.6 Å². The lowest BCUT2D eigenvalue weighted by Gasteiger charge is -2.16. The molecule has 0 aliphatic carbocycles. The largest absolute Gasteiger partial charge is 0.332 e. The van der Waals surface area contributed by atoms with Gasteiger partial charge in [0.2, 0.25) is 0 Å². The Morgan fingerprint density at radius 1 is 1.38 bits per heavy atom. The number of thioether (sulfide) groups is 1. The fourth-order valence-electron chi connectivity index (χ4n) is 2.92. The molecule has 0 saturated carbocycles. The van der Waals surface area contributed by atoms with Gasteiger partial charge in [0, 0.05) is 23.5 Å². The van der Waals surface area contributed by atoms with E-state index in [0.29, 0.717) is 16.7 Å². The first-order chi connectivity index (χ1) is 12.5. The normalized spacial score (nSPS) is 24.0. The lowest BCUT2D eigenvalue weighted by molar-refractivity contribution is -0.385. The first-order valence-corrected chi connectivity index (χ1v) is 11.4. The van der Waals surface area contributed by atoms with E-state index in [9.17, 15) is 19.7 Å². The topological polar surface area (TPSA) is 114 Å². The van der Waals surface area contributed by atoms with Crippen molar-refractivity contribution in [2.24, 2.45) is 0 Å². The van der Waals surface area contributed by atoms with Crippen LogP contribution in [0.1, 0.15) is 25.7 Å². The van der Waals surface area contributed by atoms with Gasteiger partial charge in [0.15, 0.2) is 5.12 Å². The van der Waals surface area contributed by atoms with Gasteiger partial charge in [0.1, 0.15) is 11.2 Å². The number of aromatic nitrogens is 1. The van der Waals surface area contributed by atoms with Crippen LogP contribution in [0.15, 0.2) is 23.4 Å². The number of hydrogen-bond donors (Lipinski definition) is 2. The number of pyridine rings is 1. The number of rotatable bonds is 8. The lowest BCUT2D eigenvalue weighted by atomic mass is 10.0. The molecule has 0 unspecified atom stereocenters. The number of nitrogens with one attached hydrogen (secondary N) is 2. The molecule has 1 aromatic heterocycles. The fraction of sp³-hybridized carbons (Fsp3) is 0.533. The first-order valence-electron chi connectivity index (χ1n) is 8.19. The zero-order valence-corrected chi connectivity index (χ0v) is 16.2. The van der Waals surface area contributed by atoms with Crippen molar-refractivity contribution < 1.29 is 14.5 Å². The van der Waals surface area contributed by atoms with Crippen molar-refractivity contribution in [2.75, 3.05) is 5.75 Å². The smallest absolute Gasteiger partial charge is 0.315 e. The van der Waals surface area contributed by atoms with Gasteiger partial charge in [0.05, 0.1) is 17.0 Å². The highest BCUT2D eigenvalue weighted by Gasteiger charge is 2.42. The zero-order chi connectivity index (χ0) is 18.5. The highest BCUT2D eigenvalue weighted by atomic mass is 33.1. The van der Waals surface area contributed by atoms with Crippen molar-refractivity contribution in [1.29, 1.82) is 0 Å². The van der Waals surface area contributed by atoms with Gasteiger partial charge < -0.3 is 10.6 Å². The van der Waals surface area contributed by atoms with Crippen LogP contribution in [0.5, 0.6) is 0 Å². The summed E-state index contributed by atoms with van der Waals surface area (Å²) in [5.74, 6) is 0.946. The third kappa shape index (κ3) is 5.04. The number of fused-ring (bicyclic) bond motifs is 1. The van der Waals surface area contributed by atoms with Gasteiger partial charge in [-0.3, -0.25) is 14.9 Å².